The van der Waals surface area contributed by atoms with Crippen LogP contribution in [0.2, 0.25) is 0 Å². The van der Waals surface area contributed by atoms with Crippen molar-refractivity contribution in [2.45, 2.75) is 6.42 Å². The third-order valence-corrected chi connectivity index (χ3v) is 2.43. The molecule has 0 unspecified atom stereocenters. The molecular formula is C9H11BrFN. The SMILES string of the molecule is CNCCc1c(F)cccc1Br. The highest BCUT2D eigenvalue weighted by Gasteiger charge is 2.04. The van der Waals surface area contributed by atoms with Gasteiger partial charge in [0.05, 0.1) is 0 Å². The third-order valence-electron chi connectivity index (χ3n) is 1.69. The van der Waals surface area contributed by atoms with E-state index < -0.39 is 0 Å². The van der Waals surface area contributed by atoms with Gasteiger partial charge in [-0.15, -0.1) is 0 Å². The maximum Gasteiger partial charge on any atom is 0.127 e. The lowest BCUT2D eigenvalue weighted by molar-refractivity contribution is 0.603. The van der Waals surface area contributed by atoms with E-state index in [1.165, 1.54) is 6.07 Å². The van der Waals surface area contributed by atoms with Crippen LogP contribution in [-0.2, 0) is 6.42 Å². The molecule has 0 radical (unpaired) electrons. The van der Waals surface area contributed by atoms with Gasteiger partial charge >= 0.3 is 0 Å². The van der Waals surface area contributed by atoms with Gasteiger partial charge in [-0.2, -0.15) is 0 Å². The molecule has 0 heterocycles. The van der Waals surface area contributed by atoms with Crippen LogP contribution in [0.5, 0.6) is 0 Å². The molecule has 1 nitrogen and oxygen atoms in total. The molecule has 0 spiro atoms. The summed E-state index contributed by atoms with van der Waals surface area (Å²) in [5, 5.41) is 2.98. The first-order valence-corrected chi connectivity index (χ1v) is 4.62. The fourth-order valence-electron chi connectivity index (χ4n) is 1.02. The molecule has 3 heteroatoms. The molecule has 0 aliphatic rings. The van der Waals surface area contributed by atoms with Crippen LogP contribution in [0.25, 0.3) is 0 Å². The van der Waals surface area contributed by atoms with Gasteiger partial charge in [-0.3, -0.25) is 0 Å². The third kappa shape index (κ3) is 2.29. The highest BCUT2D eigenvalue weighted by Crippen LogP contribution is 2.19. The first-order chi connectivity index (χ1) is 5.75. The Balaban J connectivity index is 2.81. The fraction of sp³-hybridized carbons (Fsp3) is 0.333. The minimum atomic E-state index is -0.139. The molecule has 66 valence electrons. The summed E-state index contributed by atoms with van der Waals surface area (Å²) in [6.45, 7) is 0.791. The average molecular weight is 232 g/mol. The van der Waals surface area contributed by atoms with Crippen LogP contribution >= 0.6 is 15.9 Å². The maximum atomic E-state index is 13.1. The Kier molecular flexibility index (Phi) is 3.69. The lowest BCUT2D eigenvalue weighted by Gasteiger charge is -2.04. The smallest absolute Gasteiger partial charge is 0.127 e. The molecule has 0 aliphatic heterocycles. The largest absolute Gasteiger partial charge is 0.319 e. The summed E-state index contributed by atoms with van der Waals surface area (Å²) < 4.78 is 14.0. The molecule has 0 bridgehead atoms. The van der Waals surface area contributed by atoms with E-state index >= 15 is 0 Å². The van der Waals surface area contributed by atoms with Crippen LogP contribution in [0, 0.1) is 5.82 Å². The Hall–Kier alpha value is -0.410. The highest BCUT2D eigenvalue weighted by molar-refractivity contribution is 9.10. The van der Waals surface area contributed by atoms with E-state index in [1.807, 2.05) is 13.1 Å². The first-order valence-electron chi connectivity index (χ1n) is 3.83. The predicted octanol–water partition coefficient (Wildman–Crippen LogP) is 2.35. The summed E-state index contributed by atoms with van der Waals surface area (Å²) in [7, 11) is 1.86. The molecule has 12 heavy (non-hydrogen) atoms. The van der Waals surface area contributed by atoms with Crippen LogP contribution < -0.4 is 5.32 Å². The van der Waals surface area contributed by atoms with E-state index in [4.69, 9.17) is 0 Å². The molecule has 0 amide bonds. The second-order valence-electron chi connectivity index (χ2n) is 2.55. The van der Waals surface area contributed by atoms with Gasteiger partial charge in [0.2, 0.25) is 0 Å². The zero-order chi connectivity index (χ0) is 8.97. The number of rotatable bonds is 3. The van der Waals surface area contributed by atoms with E-state index in [9.17, 15) is 4.39 Å². The van der Waals surface area contributed by atoms with Crippen molar-refractivity contribution >= 4 is 15.9 Å². The van der Waals surface area contributed by atoms with E-state index in [0.29, 0.717) is 6.42 Å². The zero-order valence-corrected chi connectivity index (χ0v) is 8.49. The average Bonchev–Trinajstić information content (AvgIpc) is 2.04. The topological polar surface area (TPSA) is 12.0 Å². The first kappa shape index (κ1) is 9.68. The normalized spacial score (nSPS) is 10.2. The van der Waals surface area contributed by atoms with Gasteiger partial charge in [0.25, 0.3) is 0 Å². The highest BCUT2D eigenvalue weighted by atomic mass is 79.9. The van der Waals surface area contributed by atoms with Gasteiger partial charge in [0.15, 0.2) is 0 Å². The number of nitrogens with one attached hydrogen (secondary N) is 1. The number of likely N-dealkylation sites (N-methyl/N-ethyl adjacent to an activating group) is 1. The van der Waals surface area contributed by atoms with Crippen molar-refractivity contribution in [3.63, 3.8) is 0 Å². The van der Waals surface area contributed by atoms with Gasteiger partial charge in [-0.1, -0.05) is 22.0 Å². The molecule has 0 aromatic heterocycles. The van der Waals surface area contributed by atoms with Crippen LogP contribution in [0.15, 0.2) is 22.7 Å². The summed E-state index contributed by atoms with van der Waals surface area (Å²) >= 11 is 3.31. The number of hydrogen-bond acceptors (Lipinski definition) is 1. The molecule has 1 N–H and O–H groups in total. The Labute approximate surface area is 80.1 Å². The molecule has 1 rings (SSSR count). The maximum absolute atomic E-state index is 13.1. The van der Waals surface area contributed by atoms with Gasteiger partial charge < -0.3 is 5.32 Å². The molecule has 0 saturated heterocycles. The Morgan fingerprint density at radius 1 is 1.50 bits per heavy atom. The lowest BCUT2D eigenvalue weighted by Crippen LogP contribution is -2.11. The second-order valence-corrected chi connectivity index (χ2v) is 3.41. The number of halogens is 2. The van der Waals surface area contributed by atoms with E-state index in [2.05, 4.69) is 21.2 Å². The summed E-state index contributed by atoms with van der Waals surface area (Å²) in [5.74, 6) is -0.139. The van der Waals surface area contributed by atoms with E-state index in [-0.39, 0.29) is 5.82 Å². The Morgan fingerprint density at radius 2 is 2.25 bits per heavy atom. The standard InChI is InChI=1S/C9H11BrFN/c1-12-6-5-7-8(10)3-2-4-9(7)11/h2-4,12H,5-6H2,1H3. The number of hydrogen-bond donors (Lipinski definition) is 1. The van der Waals surface area contributed by atoms with Gasteiger partial charge in [-0.25, -0.2) is 4.39 Å². The minimum Gasteiger partial charge on any atom is -0.319 e. The monoisotopic (exact) mass is 231 g/mol. The second kappa shape index (κ2) is 4.58. The summed E-state index contributed by atoms with van der Waals surface area (Å²) in [5.41, 5.74) is 0.742. The quantitative estimate of drug-likeness (QED) is 0.843. The summed E-state index contributed by atoms with van der Waals surface area (Å²) in [6.07, 6.45) is 0.712. The molecule has 0 atom stereocenters. The van der Waals surface area contributed by atoms with Crippen LogP contribution in [-0.4, -0.2) is 13.6 Å². The molecule has 0 aliphatic carbocycles. The molecule has 0 fully saturated rings. The van der Waals surface area contributed by atoms with Crippen molar-refractivity contribution in [2.24, 2.45) is 0 Å². The van der Waals surface area contributed by atoms with Crippen LogP contribution in [0.4, 0.5) is 4.39 Å². The predicted molar refractivity (Wildman–Crippen MR) is 51.7 cm³/mol. The van der Waals surface area contributed by atoms with Crippen LogP contribution in [0.1, 0.15) is 5.56 Å². The molecule has 1 aromatic rings. The van der Waals surface area contributed by atoms with E-state index in [1.54, 1.807) is 6.07 Å². The molecular weight excluding hydrogens is 221 g/mol. The molecule has 1 aromatic carbocycles. The van der Waals surface area contributed by atoms with Crippen molar-refractivity contribution in [3.05, 3.63) is 34.1 Å². The summed E-state index contributed by atoms with van der Waals surface area (Å²) in [6, 6.07) is 5.03. The van der Waals surface area contributed by atoms with Crippen LogP contribution in [0.3, 0.4) is 0 Å². The van der Waals surface area contributed by atoms with Gasteiger partial charge in [0.1, 0.15) is 5.82 Å². The van der Waals surface area contributed by atoms with E-state index in [0.717, 1.165) is 16.6 Å². The van der Waals surface area contributed by atoms with Crippen molar-refractivity contribution in [2.75, 3.05) is 13.6 Å². The fourth-order valence-corrected chi connectivity index (χ4v) is 1.56. The summed E-state index contributed by atoms with van der Waals surface area (Å²) in [4.78, 5) is 0. The zero-order valence-electron chi connectivity index (χ0n) is 6.90. The number of benzene rings is 1. The van der Waals surface area contributed by atoms with Crippen molar-refractivity contribution in [3.8, 4) is 0 Å². The Bertz CT molecular complexity index is 242. The Morgan fingerprint density at radius 3 is 2.83 bits per heavy atom. The van der Waals surface area contributed by atoms with Crippen molar-refractivity contribution in [1.29, 1.82) is 0 Å². The van der Waals surface area contributed by atoms with Crippen molar-refractivity contribution in [1.82, 2.24) is 5.32 Å². The minimum absolute atomic E-state index is 0.139. The van der Waals surface area contributed by atoms with Gasteiger partial charge in [0, 0.05) is 10.0 Å². The molecule has 0 saturated carbocycles. The van der Waals surface area contributed by atoms with Gasteiger partial charge in [-0.05, 0) is 32.1 Å². The lowest BCUT2D eigenvalue weighted by atomic mass is 10.1. The van der Waals surface area contributed by atoms with Crippen molar-refractivity contribution < 1.29 is 4.39 Å².